The molecule has 0 aromatic heterocycles. The van der Waals surface area contributed by atoms with E-state index in [0.29, 0.717) is 21.9 Å². The number of hydrogen-bond acceptors (Lipinski definition) is 1. The van der Waals surface area contributed by atoms with Crippen LogP contribution in [0.25, 0.3) is 6.08 Å². The summed E-state index contributed by atoms with van der Waals surface area (Å²) in [4.78, 5) is 10.8. The Hall–Kier alpha value is -1.37. The first-order chi connectivity index (χ1) is 11.6. The molecule has 0 amide bonds. The topological polar surface area (TPSA) is 17.1 Å². The first-order valence-corrected chi connectivity index (χ1v) is 8.32. The zero-order valence-corrected chi connectivity index (χ0v) is 15.3. The Bertz CT molecular complexity index is 811. The molecular formula is C17H9BrCl2F4O. The highest BCUT2D eigenvalue weighted by atomic mass is 79.9. The average molecular weight is 456 g/mol. The van der Waals surface area contributed by atoms with Crippen molar-refractivity contribution in [3.8, 4) is 0 Å². The molecule has 0 aliphatic heterocycles. The summed E-state index contributed by atoms with van der Waals surface area (Å²) in [6.07, 6.45) is -1.83. The number of alkyl halides is 3. The molecule has 0 bridgehead atoms. The summed E-state index contributed by atoms with van der Waals surface area (Å²) >= 11 is 14.4. The second kappa shape index (κ2) is 7.89. The molecule has 25 heavy (non-hydrogen) atoms. The Kier molecular flexibility index (Phi) is 6.30. The molecule has 0 spiro atoms. The molecule has 0 aliphatic rings. The van der Waals surface area contributed by atoms with Crippen LogP contribution in [0, 0.1) is 5.82 Å². The van der Waals surface area contributed by atoms with E-state index in [-0.39, 0.29) is 5.56 Å². The van der Waals surface area contributed by atoms with Crippen molar-refractivity contribution in [1.29, 1.82) is 0 Å². The first-order valence-electron chi connectivity index (χ1n) is 6.77. The summed E-state index contributed by atoms with van der Waals surface area (Å²) in [5, 5.41) is -0.966. The third kappa shape index (κ3) is 4.84. The van der Waals surface area contributed by atoms with Gasteiger partial charge in [-0.25, -0.2) is 4.39 Å². The lowest BCUT2D eigenvalue weighted by molar-refractivity contribution is -0.139. The zero-order chi connectivity index (χ0) is 18.8. The van der Waals surface area contributed by atoms with E-state index in [9.17, 15) is 22.4 Å². The van der Waals surface area contributed by atoms with Crippen molar-refractivity contribution in [2.45, 2.75) is 12.1 Å². The number of carbonyl (C=O) groups is 1. The van der Waals surface area contributed by atoms with Crippen LogP contribution in [-0.2, 0) is 0 Å². The predicted octanol–water partition coefficient (Wildman–Crippen LogP) is 7.07. The predicted molar refractivity (Wildman–Crippen MR) is 93.8 cm³/mol. The largest absolute Gasteiger partial charge is 0.399 e. The van der Waals surface area contributed by atoms with E-state index in [2.05, 4.69) is 15.9 Å². The maximum atomic E-state index is 13.4. The number of carbonyl (C=O) groups excluding carboxylic acids is 1. The van der Waals surface area contributed by atoms with Crippen molar-refractivity contribution >= 4 is 51.5 Å². The highest BCUT2D eigenvalue weighted by Crippen LogP contribution is 2.39. The number of allylic oxidation sites excluding steroid dienone is 1. The van der Waals surface area contributed by atoms with Crippen LogP contribution < -0.4 is 0 Å². The molecule has 0 aliphatic carbocycles. The van der Waals surface area contributed by atoms with Crippen LogP contribution in [0.1, 0.15) is 27.4 Å². The fourth-order valence-corrected chi connectivity index (χ4v) is 3.11. The second-order valence-corrected chi connectivity index (χ2v) is 6.74. The van der Waals surface area contributed by atoms with Crippen molar-refractivity contribution in [1.82, 2.24) is 0 Å². The normalized spacial score (nSPS) is 13.2. The third-order valence-electron chi connectivity index (χ3n) is 3.35. The third-order valence-corrected chi connectivity index (χ3v) is 4.59. The highest BCUT2D eigenvalue weighted by molar-refractivity contribution is 9.10. The molecule has 8 heteroatoms. The molecule has 0 radical (unpaired) electrons. The monoisotopic (exact) mass is 454 g/mol. The SMILES string of the molecule is O=Cc1ccc(/C=C/C(c2cc(Cl)c(F)c(Cl)c2)C(F)(F)F)cc1Br. The van der Waals surface area contributed by atoms with Gasteiger partial charge in [0.1, 0.15) is 0 Å². The smallest absolute Gasteiger partial charge is 0.298 e. The number of halogens is 7. The Morgan fingerprint density at radius 2 is 1.68 bits per heavy atom. The molecule has 1 unspecified atom stereocenters. The summed E-state index contributed by atoms with van der Waals surface area (Å²) in [6, 6.07) is 6.29. The lowest BCUT2D eigenvalue weighted by atomic mass is 9.97. The molecule has 2 aromatic rings. The van der Waals surface area contributed by atoms with E-state index in [1.54, 1.807) is 0 Å². The minimum atomic E-state index is -4.62. The lowest BCUT2D eigenvalue weighted by Gasteiger charge is -2.18. The molecule has 1 nitrogen and oxygen atoms in total. The van der Waals surface area contributed by atoms with Gasteiger partial charge >= 0.3 is 6.18 Å². The molecule has 132 valence electrons. The summed E-state index contributed by atoms with van der Waals surface area (Å²) in [6.45, 7) is 0. The van der Waals surface area contributed by atoms with Gasteiger partial charge in [0, 0.05) is 10.0 Å². The molecule has 0 heterocycles. The maximum absolute atomic E-state index is 13.4. The van der Waals surface area contributed by atoms with Crippen molar-refractivity contribution in [2.75, 3.05) is 0 Å². The molecule has 0 fully saturated rings. The van der Waals surface area contributed by atoms with E-state index in [0.717, 1.165) is 18.2 Å². The number of rotatable bonds is 4. The van der Waals surface area contributed by atoms with Gasteiger partial charge in [0.15, 0.2) is 12.1 Å². The van der Waals surface area contributed by atoms with Gasteiger partial charge < -0.3 is 0 Å². The Morgan fingerprint density at radius 1 is 1.08 bits per heavy atom. The molecule has 0 saturated carbocycles. The van der Waals surface area contributed by atoms with E-state index in [4.69, 9.17) is 23.2 Å². The minimum Gasteiger partial charge on any atom is -0.298 e. The number of benzene rings is 2. The maximum Gasteiger partial charge on any atom is 0.399 e. The quantitative estimate of drug-likeness (QED) is 0.274. The van der Waals surface area contributed by atoms with Gasteiger partial charge in [-0.15, -0.1) is 0 Å². The van der Waals surface area contributed by atoms with Gasteiger partial charge in [-0.2, -0.15) is 13.2 Å². The first kappa shape index (κ1) is 19.9. The second-order valence-electron chi connectivity index (χ2n) is 5.08. The van der Waals surface area contributed by atoms with Gasteiger partial charge in [0.2, 0.25) is 0 Å². The lowest BCUT2D eigenvalue weighted by Crippen LogP contribution is -2.19. The van der Waals surface area contributed by atoms with Crippen LogP contribution in [0.3, 0.4) is 0 Å². The average Bonchev–Trinajstić information content (AvgIpc) is 2.51. The zero-order valence-electron chi connectivity index (χ0n) is 12.3. The Balaban J connectivity index is 2.43. The van der Waals surface area contributed by atoms with Crippen LogP contribution in [0.4, 0.5) is 17.6 Å². The van der Waals surface area contributed by atoms with Crippen LogP contribution in [-0.4, -0.2) is 12.5 Å². The van der Waals surface area contributed by atoms with Gasteiger partial charge in [-0.3, -0.25) is 4.79 Å². The van der Waals surface area contributed by atoms with Crippen molar-refractivity contribution in [3.63, 3.8) is 0 Å². The summed E-state index contributed by atoms with van der Waals surface area (Å²) < 4.78 is 54.1. The van der Waals surface area contributed by atoms with Crippen LogP contribution in [0.2, 0.25) is 10.0 Å². The standard InChI is InChI=1S/C17H9BrCl2F4O/c18-13-5-9(1-3-10(13)8-25)2-4-12(17(22,23)24)11-6-14(19)16(21)15(20)7-11/h1-8,12H/b4-2+. The molecule has 2 aromatic carbocycles. The number of hydrogen-bond donors (Lipinski definition) is 0. The minimum absolute atomic E-state index is 0.274. The van der Waals surface area contributed by atoms with Crippen molar-refractivity contribution in [3.05, 3.63) is 73.4 Å². The van der Waals surface area contributed by atoms with Gasteiger partial charge in [-0.05, 0) is 35.4 Å². The molecule has 0 N–H and O–H groups in total. The van der Waals surface area contributed by atoms with Crippen molar-refractivity contribution in [2.24, 2.45) is 0 Å². The summed E-state index contributed by atoms with van der Waals surface area (Å²) in [7, 11) is 0. The fraction of sp³-hybridized carbons (Fsp3) is 0.118. The van der Waals surface area contributed by atoms with Gasteiger partial charge in [0.25, 0.3) is 0 Å². The fourth-order valence-electron chi connectivity index (χ4n) is 2.11. The molecular weight excluding hydrogens is 447 g/mol. The summed E-state index contributed by atoms with van der Waals surface area (Å²) in [5.74, 6) is -2.99. The van der Waals surface area contributed by atoms with Gasteiger partial charge in [-0.1, -0.05) is 57.4 Å². The van der Waals surface area contributed by atoms with E-state index in [1.165, 1.54) is 24.3 Å². The molecule has 1 atom stereocenters. The highest BCUT2D eigenvalue weighted by Gasteiger charge is 2.39. The van der Waals surface area contributed by atoms with Gasteiger partial charge in [0.05, 0.1) is 16.0 Å². The van der Waals surface area contributed by atoms with Crippen LogP contribution in [0.5, 0.6) is 0 Å². The Labute approximate surface area is 159 Å². The van der Waals surface area contributed by atoms with Crippen molar-refractivity contribution < 1.29 is 22.4 Å². The van der Waals surface area contributed by atoms with E-state index in [1.807, 2.05) is 0 Å². The Morgan fingerprint density at radius 3 is 2.16 bits per heavy atom. The van der Waals surface area contributed by atoms with E-state index >= 15 is 0 Å². The number of aldehydes is 1. The van der Waals surface area contributed by atoms with Crippen LogP contribution in [0.15, 0.2) is 40.9 Å². The van der Waals surface area contributed by atoms with E-state index < -0.39 is 28.0 Å². The molecule has 0 saturated heterocycles. The molecule has 2 rings (SSSR count). The summed E-state index contributed by atoms with van der Waals surface area (Å²) in [5.41, 5.74) is 0.552. The van der Waals surface area contributed by atoms with Crippen LogP contribution >= 0.6 is 39.1 Å².